The van der Waals surface area contributed by atoms with Gasteiger partial charge in [0.05, 0.1) is 12.2 Å². The molecule has 17 heavy (non-hydrogen) atoms. The van der Waals surface area contributed by atoms with Crippen LogP contribution in [0.3, 0.4) is 0 Å². The van der Waals surface area contributed by atoms with Crippen molar-refractivity contribution in [3.8, 4) is 0 Å². The average molecular weight is 238 g/mol. The molecule has 2 nitrogen and oxygen atoms in total. The molecule has 2 bridgehead atoms. The van der Waals surface area contributed by atoms with Crippen molar-refractivity contribution in [3.63, 3.8) is 0 Å². The third-order valence-electron chi connectivity index (χ3n) is 6.41. The Hall–Kier alpha value is -0.0800. The van der Waals surface area contributed by atoms with Crippen LogP contribution in [0.15, 0.2) is 0 Å². The Labute approximate surface area is 105 Å². The van der Waals surface area contributed by atoms with E-state index in [4.69, 9.17) is 9.47 Å². The summed E-state index contributed by atoms with van der Waals surface area (Å²) in [5.74, 6) is 0.434. The summed E-state index contributed by atoms with van der Waals surface area (Å²) in [6, 6.07) is 0. The Morgan fingerprint density at radius 1 is 1.00 bits per heavy atom. The van der Waals surface area contributed by atoms with Crippen molar-refractivity contribution in [1.82, 2.24) is 0 Å². The minimum Gasteiger partial charge on any atom is -0.350 e. The van der Waals surface area contributed by atoms with E-state index in [2.05, 4.69) is 34.6 Å². The molecule has 0 amide bonds. The lowest BCUT2D eigenvalue weighted by molar-refractivity contribution is -0.338. The van der Waals surface area contributed by atoms with Gasteiger partial charge in [-0.05, 0) is 44.4 Å². The molecule has 0 aromatic carbocycles. The Balaban J connectivity index is 2.00. The zero-order valence-electron chi connectivity index (χ0n) is 11.9. The molecule has 1 saturated heterocycles. The van der Waals surface area contributed by atoms with Crippen molar-refractivity contribution < 1.29 is 9.47 Å². The van der Waals surface area contributed by atoms with Crippen molar-refractivity contribution in [2.24, 2.45) is 16.7 Å². The largest absolute Gasteiger partial charge is 0.350 e. The Kier molecular flexibility index (Phi) is 2.17. The van der Waals surface area contributed by atoms with E-state index in [9.17, 15) is 0 Å². The zero-order chi connectivity index (χ0) is 12.5. The highest BCUT2D eigenvalue weighted by molar-refractivity contribution is 5.19. The van der Waals surface area contributed by atoms with Crippen LogP contribution < -0.4 is 0 Å². The highest BCUT2D eigenvalue weighted by atomic mass is 16.7. The van der Waals surface area contributed by atoms with Crippen LogP contribution in [0.25, 0.3) is 0 Å². The summed E-state index contributed by atoms with van der Waals surface area (Å²) in [5.41, 5.74) is 0.813. The molecule has 3 unspecified atom stereocenters. The molecule has 2 saturated carbocycles. The third kappa shape index (κ3) is 1.29. The van der Waals surface area contributed by atoms with Crippen LogP contribution in [-0.4, -0.2) is 18.0 Å². The SMILES string of the molecule is CC1(C)OCCC2(CC3CCC2(C)C3(C)C)O1. The molecular formula is C15H26O2. The normalized spacial score (nSPS) is 51.0. The van der Waals surface area contributed by atoms with E-state index in [0.29, 0.717) is 10.8 Å². The second-order valence-electron chi connectivity index (χ2n) is 7.59. The molecule has 0 radical (unpaired) electrons. The summed E-state index contributed by atoms with van der Waals surface area (Å²) in [6.07, 6.45) is 5.02. The maximum Gasteiger partial charge on any atom is 0.163 e. The van der Waals surface area contributed by atoms with Gasteiger partial charge in [0, 0.05) is 11.8 Å². The number of hydrogen-bond acceptors (Lipinski definition) is 2. The Bertz CT molecular complexity index is 347. The van der Waals surface area contributed by atoms with Gasteiger partial charge in [-0.3, -0.25) is 0 Å². The number of ether oxygens (including phenoxy) is 2. The van der Waals surface area contributed by atoms with E-state index in [0.717, 1.165) is 18.9 Å². The second kappa shape index (κ2) is 3.08. The van der Waals surface area contributed by atoms with Crippen molar-refractivity contribution in [2.75, 3.05) is 6.61 Å². The van der Waals surface area contributed by atoms with Gasteiger partial charge in [-0.15, -0.1) is 0 Å². The standard InChI is InChI=1S/C15H26O2/c1-12(2)11-6-7-14(12,5)15(10-11)8-9-16-13(3,4)17-15/h11H,6-10H2,1-5H3. The van der Waals surface area contributed by atoms with Gasteiger partial charge in [-0.1, -0.05) is 20.8 Å². The van der Waals surface area contributed by atoms with E-state index in [1.54, 1.807) is 0 Å². The Morgan fingerprint density at radius 2 is 1.71 bits per heavy atom. The van der Waals surface area contributed by atoms with Crippen LogP contribution in [0.5, 0.6) is 0 Å². The lowest BCUT2D eigenvalue weighted by atomic mass is 9.63. The molecule has 1 aliphatic heterocycles. The quantitative estimate of drug-likeness (QED) is 0.640. The lowest BCUT2D eigenvalue weighted by Gasteiger charge is -2.54. The fraction of sp³-hybridized carbons (Fsp3) is 1.00. The summed E-state index contributed by atoms with van der Waals surface area (Å²) in [4.78, 5) is 0. The summed E-state index contributed by atoms with van der Waals surface area (Å²) in [7, 11) is 0. The van der Waals surface area contributed by atoms with Gasteiger partial charge in [0.2, 0.25) is 0 Å². The molecular weight excluding hydrogens is 212 g/mol. The smallest absolute Gasteiger partial charge is 0.163 e. The molecule has 3 fully saturated rings. The molecule has 1 spiro atoms. The van der Waals surface area contributed by atoms with Crippen LogP contribution >= 0.6 is 0 Å². The molecule has 2 heteroatoms. The summed E-state index contributed by atoms with van der Waals surface area (Å²) in [6.45, 7) is 12.3. The summed E-state index contributed by atoms with van der Waals surface area (Å²) < 4.78 is 12.2. The van der Waals surface area contributed by atoms with E-state index in [1.807, 2.05) is 0 Å². The van der Waals surface area contributed by atoms with E-state index in [1.165, 1.54) is 19.3 Å². The lowest BCUT2D eigenvalue weighted by Crippen LogP contribution is -2.57. The van der Waals surface area contributed by atoms with E-state index < -0.39 is 5.79 Å². The van der Waals surface area contributed by atoms with E-state index >= 15 is 0 Å². The fourth-order valence-corrected chi connectivity index (χ4v) is 4.94. The molecule has 1 heterocycles. The topological polar surface area (TPSA) is 18.5 Å². The maximum absolute atomic E-state index is 6.47. The van der Waals surface area contributed by atoms with E-state index in [-0.39, 0.29) is 5.60 Å². The van der Waals surface area contributed by atoms with Gasteiger partial charge in [-0.25, -0.2) is 0 Å². The van der Waals surface area contributed by atoms with Gasteiger partial charge in [0.15, 0.2) is 5.79 Å². The van der Waals surface area contributed by atoms with Crippen molar-refractivity contribution in [2.45, 2.75) is 71.7 Å². The zero-order valence-corrected chi connectivity index (χ0v) is 11.9. The van der Waals surface area contributed by atoms with Crippen molar-refractivity contribution >= 4 is 0 Å². The minimum atomic E-state index is -0.401. The molecule has 98 valence electrons. The predicted molar refractivity (Wildman–Crippen MR) is 67.7 cm³/mol. The molecule has 2 aliphatic carbocycles. The predicted octanol–water partition coefficient (Wildman–Crippen LogP) is 3.74. The van der Waals surface area contributed by atoms with Gasteiger partial charge < -0.3 is 9.47 Å². The number of hydrogen-bond donors (Lipinski definition) is 0. The fourth-order valence-electron chi connectivity index (χ4n) is 4.94. The minimum absolute atomic E-state index is 0.0706. The average Bonchev–Trinajstić information content (AvgIpc) is 2.48. The molecule has 0 aromatic heterocycles. The maximum atomic E-state index is 6.47. The Morgan fingerprint density at radius 3 is 2.18 bits per heavy atom. The van der Waals surface area contributed by atoms with Gasteiger partial charge in [0.25, 0.3) is 0 Å². The number of fused-ring (bicyclic) bond motifs is 3. The first-order valence-corrected chi connectivity index (χ1v) is 7.07. The first kappa shape index (κ1) is 12.0. The highest BCUT2D eigenvalue weighted by Crippen LogP contribution is 2.72. The summed E-state index contributed by atoms with van der Waals surface area (Å²) >= 11 is 0. The molecule has 3 rings (SSSR count). The van der Waals surface area contributed by atoms with Gasteiger partial charge in [0.1, 0.15) is 0 Å². The number of rotatable bonds is 0. The van der Waals surface area contributed by atoms with Crippen molar-refractivity contribution in [1.29, 1.82) is 0 Å². The van der Waals surface area contributed by atoms with Crippen LogP contribution in [0.4, 0.5) is 0 Å². The first-order chi connectivity index (χ1) is 7.73. The van der Waals surface area contributed by atoms with Crippen LogP contribution in [-0.2, 0) is 9.47 Å². The second-order valence-corrected chi connectivity index (χ2v) is 7.59. The molecule has 3 atom stereocenters. The molecule has 0 aromatic rings. The first-order valence-electron chi connectivity index (χ1n) is 7.07. The molecule has 0 N–H and O–H groups in total. The highest BCUT2D eigenvalue weighted by Gasteiger charge is 2.70. The monoisotopic (exact) mass is 238 g/mol. The third-order valence-corrected chi connectivity index (χ3v) is 6.41. The molecule has 3 aliphatic rings. The van der Waals surface area contributed by atoms with Crippen molar-refractivity contribution in [3.05, 3.63) is 0 Å². The van der Waals surface area contributed by atoms with Crippen LogP contribution in [0.1, 0.15) is 60.3 Å². The van der Waals surface area contributed by atoms with Crippen LogP contribution in [0.2, 0.25) is 0 Å². The van der Waals surface area contributed by atoms with Gasteiger partial charge in [-0.2, -0.15) is 0 Å². The van der Waals surface area contributed by atoms with Crippen LogP contribution in [0, 0.1) is 16.7 Å². The summed E-state index contributed by atoms with van der Waals surface area (Å²) in [5, 5.41) is 0. The van der Waals surface area contributed by atoms with Gasteiger partial charge >= 0.3 is 0 Å².